The molecule has 0 bridgehead atoms. The average Bonchev–Trinajstić information content (AvgIpc) is 2.33. The standard InChI is InChI=1S/C6H9FO5S/c7-13(9,10)3-1-2-5-4-11-6(8)12-5/h5H,1-4H2. The van der Waals surface area contributed by atoms with Crippen LogP contribution in [0.1, 0.15) is 12.8 Å². The third-order valence-corrected chi connectivity index (χ3v) is 2.34. The predicted molar refractivity (Wildman–Crippen MR) is 40.3 cm³/mol. The molecule has 0 saturated carbocycles. The zero-order chi connectivity index (χ0) is 9.90. The number of cyclic esters (lactones) is 2. The predicted octanol–water partition coefficient (Wildman–Crippen LogP) is 0.601. The molecule has 1 fully saturated rings. The van der Waals surface area contributed by atoms with Crippen LogP contribution in [0.2, 0.25) is 0 Å². The van der Waals surface area contributed by atoms with Crippen LogP contribution in [0.4, 0.5) is 8.68 Å². The molecular weight excluding hydrogens is 203 g/mol. The van der Waals surface area contributed by atoms with Crippen LogP contribution < -0.4 is 0 Å². The Morgan fingerprint density at radius 3 is 2.69 bits per heavy atom. The molecule has 0 amide bonds. The Morgan fingerprint density at radius 1 is 1.54 bits per heavy atom. The maximum absolute atomic E-state index is 12.0. The molecule has 1 aliphatic heterocycles. The molecule has 0 aromatic heterocycles. The van der Waals surface area contributed by atoms with Crippen molar-refractivity contribution >= 4 is 16.4 Å². The Balaban J connectivity index is 2.17. The summed E-state index contributed by atoms with van der Waals surface area (Å²) in [6.45, 7) is 0.116. The van der Waals surface area contributed by atoms with E-state index in [4.69, 9.17) is 0 Å². The summed E-state index contributed by atoms with van der Waals surface area (Å²) in [5.74, 6) is -0.541. The highest BCUT2D eigenvalue weighted by molar-refractivity contribution is 7.86. The highest BCUT2D eigenvalue weighted by Crippen LogP contribution is 2.12. The van der Waals surface area contributed by atoms with Crippen molar-refractivity contribution in [1.82, 2.24) is 0 Å². The minimum absolute atomic E-state index is 0.116. The van der Waals surface area contributed by atoms with Gasteiger partial charge in [0, 0.05) is 0 Å². The summed E-state index contributed by atoms with van der Waals surface area (Å²) in [6, 6.07) is 0. The second-order valence-corrected chi connectivity index (χ2v) is 4.17. The van der Waals surface area contributed by atoms with Crippen molar-refractivity contribution in [3.8, 4) is 0 Å². The Labute approximate surface area is 75.0 Å². The Bertz CT molecular complexity index is 285. The SMILES string of the molecule is O=C1OCC(CCCS(=O)(=O)F)O1. The van der Waals surface area contributed by atoms with Crippen molar-refractivity contribution in [3.63, 3.8) is 0 Å². The molecule has 0 radical (unpaired) electrons. The van der Waals surface area contributed by atoms with Crippen molar-refractivity contribution < 1.29 is 26.6 Å². The molecule has 0 aliphatic carbocycles. The molecule has 0 spiro atoms. The molecule has 13 heavy (non-hydrogen) atoms. The summed E-state index contributed by atoms with van der Waals surface area (Å²) < 4.78 is 41.1. The fourth-order valence-electron chi connectivity index (χ4n) is 0.991. The summed E-state index contributed by atoms with van der Waals surface area (Å²) in [4.78, 5) is 10.4. The van der Waals surface area contributed by atoms with Crippen molar-refractivity contribution in [2.45, 2.75) is 18.9 Å². The first-order chi connectivity index (χ1) is 5.97. The maximum atomic E-state index is 12.0. The smallest absolute Gasteiger partial charge is 0.430 e. The Hall–Kier alpha value is -0.850. The van der Waals surface area contributed by atoms with E-state index in [9.17, 15) is 17.1 Å². The normalized spacial score (nSPS) is 22.5. The van der Waals surface area contributed by atoms with Gasteiger partial charge in [0.25, 0.3) is 0 Å². The van der Waals surface area contributed by atoms with E-state index in [1.54, 1.807) is 0 Å². The highest BCUT2D eigenvalue weighted by atomic mass is 32.3. The largest absolute Gasteiger partial charge is 0.508 e. The van der Waals surface area contributed by atoms with Crippen LogP contribution in [0, 0.1) is 0 Å². The number of carbonyl (C=O) groups excluding carboxylic acids is 1. The third kappa shape index (κ3) is 4.07. The monoisotopic (exact) mass is 212 g/mol. The third-order valence-electron chi connectivity index (χ3n) is 1.56. The van der Waals surface area contributed by atoms with E-state index in [2.05, 4.69) is 9.47 Å². The number of hydrogen-bond acceptors (Lipinski definition) is 5. The van der Waals surface area contributed by atoms with Crippen molar-refractivity contribution in [2.24, 2.45) is 0 Å². The zero-order valence-electron chi connectivity index (χ0n) is 6.73. The van der Waals surface area contributed by atoms with Gasteiger partial charge in [-0.05, 0) is 12.8 Å². The lowest BCUT2D eigenvalue weighted by atomic mass is 10.2. The van der Waals surface area contributed by atoms with Gasteiger partial charge in [0.05, 0.1) is 5.75 Å². The molecule has 76 valence electrons. The van der Waals surface area contributed by atoms with Crippen LogP contribution in [-0.4, -0.2) is 33.0 Å². The minimum Gasteiger partial charge on any atom is -0.430 e. The van der Waals surface area contributed by atoms with Gasteiger partial charge in [-0.2, -0.15) is 8.42 Å². The first-order valence-corrected chi connectivity index (χ1v) is 5.28. The van der Waals surface area contributed by atoms with Gasteiger partial charge in [-0.1, -0.05) is 0 Å². The lowest BCUT2D eigenvalue weighted by Crippen LogP contribution is -2.11. The average molecular weight is 212 g/mol. The summed E-state index contributed by atoms with van der Waals surface area (Å²) in [6.07, 6.45) is -0.767. The zero-order valence-corrected chi connectivity index (χ0v) is 7.55. The molecular formula is C6H9FO5S. The van der Waals surface area contributed by atoms with E-state index in [-0.39, 0.29) is 13.0 Å². The number of hydrogen-bond donors (Lipinski definition) is 0. The number of ether oxygens (including phenoxy) is 2. The van der Waals surface area contributed by atoms with E-state index >= 15 is 0 Å². The summed E-state index contributed by atoms with van der Waals surface area (Å²) in [5.41, 5.74) is 0. The molecule has 1 atom stereocenters. The van der Waals surface area contributed by atoms with Crippen LogP contribution in [-0.2, 0) is 19.7 Å². The van der Waals surface area contributed by atoms with E-state index < -0.39 is 28.2 Å². The molecule has 0 aromatic rings. The van der Waals surface area contributed by atoms with E-state index in [1.807, 2.05) is 0 Å². The van der Waals surface area contributed by atoms with Crippen LogP contribution in [0.15, 0.2) is 0 Å². The second kappa shape index (κ2) is 3.91. The van der Waals surface area contributed by atoms with E-state index in [1.165, 1.54) is 0 Å². The van der Waals surface area contributed by atoms with Crippen LogP contribution in [0.3, 0.4) is 0 Å². The van der Waals surface area contributed by atoms with Gasteiger partial charge < -0.3 is 9.47 Å². The molecule has 1 unspecified atom stereocenters. The molecule has 1 rings (SSSR count). The molecule has 5 nitrogen and oxygen atoms in total. The summed E-state index contributed by atoms with van der Waals surface area (Å²) >= 11 is 0. The quantitative estimate of drug-likeness (QED) is 0.504. The number of carbonyl (C=O) groups is 1. The summed E-state index contributed by atoms with van der Waals surface area (Å²) in [7, 11) is -4.41. The lowest BCUT2D eigenvalue weighted by Gasteiger charge is -2.03. The fourth-order valence-corrected chi connectivity index (χ4v) is 1.50. The molecule has 0 aromatic carbocycles. The fraction of sp³-hybridized carbons (Fsp3) is 0.833. The molecule has 7 heteroatoms. The van der Waals surface area contributed by atoms with Crippen molar-refractivity contribution in [1.29, 1.82) is 0 Å². The van der Waals surface area contributed by atoms with Crippen LogP contribution in [0.25, 0.3) is 0 Å². The van der Waals surface area contributed by atoms with Gasteiger partial charge in [-0.15, -0.1) is 3.89 Å². The van der Waals surface area contributed by atoms with Gasteiger partial charge in [0.2, 0.25) is 0 Å². The molecule has 1 aliphatic rings. The van der Waals surface area contributed by atoms with Gasteiger partial charge in [-0.25, -0.2) is 4.79 Å². The lowest BCUT2D eigenvalue weighted by molar-refractivity contribution is 0.116. The van der Waals surface area contributed by atoms with Crippen molar-refractivity contribution in [2.75, 3.05) is 12.4 Å². The number of halogens is 1. The molecule has 1 heterocycles. The maximum Gasteiger partial charge on any atom is 0.508 e. The van der Waals surface area contributed by atoms with E-state index in [0.717, 1.165) is 0 Å². The van der Waals surface area contributed by atoms with E-state index in [0.29, 0.717) is 6.42 Å². The topological polar surface area (TPSA) is 69.7 Å². The van der Waals surface area contributed by atoms with Gasteiger partial charge >= 0.3 is 16.4 Å². The molecule has 0 N–H and O–H groups in total. The molecule has 1 saturated heterocycles. The van der Waals surface area contributed by atoms with Crippen molar-refractivity contribution in [3.05, 3.63) is 0 Å². The first kappa shape index (κ1) is 10.2. The highest BCUT2D eigenvalue weighted by Gasteiger charge is 2.24. The first-order valence-electron chi connectivity index (χ1n) is 3.73. The Kier molecular flexibility index (Phi) is 3.07. The Morgan fingerprint density at radius 2 is 2.23 bits per heavy atom. The van der Waals surface area contributed by atoms with Crippen LogP contribution >= 0.6 is 0 Å². The van der Waals surface area contributed by atoms with Gasteiger partial charge in [0.1, 0.15) is 12.7 Å². The second-order valence-electron chi connectivity index (χ2n) is 2.69. The number of rotatable bonds is 4. The van der Waals surface area contributed by atoms with Gasteiger partial charge in [-0.3, -0.25) is 0 Å². The summed E-state index contributed by atoms with van der Waals surface area (Å²) in [5, 5.41) is 0. The van der Waals surface area contributed by atoms with Crippen LogP contribution in [0.5, 0.6) is 0 Å². The van der Waals surface area contributed by atoms with Gasteiger partial charge in [0.15, 0.2) is 0 Å². The minimum atomic E-state index is -4.41.